The van der Waals surface area contributed by atoms with Crippen molar-refractivity contribution >= 4 is 3.81 Å². The summed E-state index contributed by atoms with van der Waals surface area (Å²) < 4.78 is 1.46. The van der Waals surface area contributed by atoms with Crippen LogP contribution >= 0.6 is 0 Å². The zero-order valence-corrected chi connectivity index (χ0v) is 8.44. The molecule has 0 heterocycles. The molecular formula is C11H10Ti. The molecule has 0 atom stereocenters. The summed E-state index contributed by atoms with van der Waals surface area (Å²) in [4.78, 5) is 0. The van der Waals surface area contributed by atoms with Gasteiger partial charge in [-0.2, -0.15) is 0 Å². The third-order valence-corrected chi connectivity index (χ3v) is 3.19. The van der Waals surface area contributed by atoms with Crippen molar-refractivity contribution in [1.82, 2.24) is 0 Å². The first kappa shape index (κ1) is 8.16. The van der Waals surface area contributed by atoms with Gasteiger partial charge in [0.25, 0.3) is 0 Å². The molecule has 0 nitrogen and oxygen atoms in total. The van der Waals surface area contributed by atoms with Crippen LogP contribution in [0.15, 0.2) is 47.6 Å². The van der Waals surface area contributed by atoms with Crippen molar-refractivity contribution in [3.05, 3.63) is 47.6 Å². The fourth-order valence-corrected chi connectivity index (χ4v) is 2.05. The summed E-state index contributed by atoms with van der Waals surface area (Å²) in [5, 5.41) is 0. The van der Waals surface area contributed by atoms with Crippen molar-refractivity contribution in [3.63, 3.8) is 0 Å². The minimum absolute atomic E-state index is 1.11. The Labute approximate surface area is 84.3 Å². The van der Waals surface area contributed by atoms with Gasteiger partial charge in [-0.25, -0.2) is 0 Å². The van der Waals surface area contributed by atoms with Crippen LogP contribution in [0.1, 0.15) is 12.8 Å². The molecule has 0 spiro atoms. The Morgan fingerprint density at radius 2 is 1.50 bits per heavy atom. The molecule has 0 saturated carbocycles. The van der Waals surface area contributed by atoms with E-state index in [0.29, 0.717) is 0 Å². The summed E-state index contributed by atoms with van der Waals surface area (Å²) in [7, 11) is 0. The van der Waals surface area contributed by atoms with E-state index in [4.69, 9.17) is 0 Å². The molecule has 0 unspecified atom stereocenters. The molecule has 0 aliphatic heterocycles. The summed E-state index contributed by atoms with van der Waals surface area (Å²) in [5.74, 6) is 0. The summed E-state index contributed by atoms with van der Waals surface area (Å²) in [6.07, 6.45) is 15.4. The maximum atomic E-state index is 2.22. The van der Waals surface area contributed by atoms with Crippen LogP contribution in [0.25, 0.3) is 0 Å². The Bertz CT molecular complexity index is 295. The summed E-state index contributed by atoms with van der Waals surface area (Å²) in [6.45, 7) is 0. The van der Waals surface area contributed by atoms with Gasteiger partial charge in [0.2, 0.25) is 0 Å². The first-order valence-corrected chi connectivity index (χ1v) is 4.97. The Balaban J connectivity index is 2.11. The third-order valence-electron chi connectivity index (χ3n) is 2.18. The molecule has 0 saturated heterocycles. The monoisotopic (exact) mass is 190 g/mol. The van der Waals surface area contributed by atoms with Crippen molar-refractivity contribution in [2.75, 3.05) is 0 Å². The van der Waals surface area contributed by atoms with Gasteiger partial charge in [-0.05, 0) is 0 Å². The van der Waals surface area contributed by atoms with Crippen molar-refractivity contribution < 1.29 is 20.0 Å². The van der Waals surface area contributed by atoms with Gasteiger partial charge in [-0.1, -0.05) is 0 Å². The van der Waals surface area contributed by atoms with Gasteiger partial charge >= 0.3 is 84.2 Å². The van der Waals surface area contributed by atoms with E-state index < -0.39 is 0 Å². The molecule has 2 rings (SSSR count). The van der Waals surface area contributed by atoms with Gasteiger partial charge in [0.1, 0.15) is 0 Å². The van der Waals surface area contributed by atoms with E-state index in [1.165, 1.54) is 15.0 Å². The van der Waals surface area contributed by atoms with Gasteiger partial charge in [0, 0.05) is 0 Å². The molecule has 0 radical (unpaired) electrons. The van der Waals surface area contributed by atoms with Gasteiger partial charge in [-0.3, -0.25) is 0 Å². The van der Waals surface area contributed by atoms with Crippen LogP contribution in [0.2, 0.25) is 0 Å². The first-order valence-electron chi connectivity index (χ1n) is 4.18. The molecule has 0 N–H and O–H groups in total. The summed E-state index contributed by atoms with van der Waals surface area (Å²) in [6, 6.07) is 0. The molecule has 0 aromatic heterocycles. The van der Waals surface area contributed by atoms with Gasteiger partial charge < -0.3 is 0 Å². The van der Waals surface area contributed by atoms with Gasteiger partial charge in [0.15, 0.2) is 0 Å². The van der Waals surface area contributed by atoms with E-state index in [2.05, 4.69) is 56.4 Å². The van der Waals surface area contributed by atoms with Crippen LogP contribution in [0.3, 0.4) is 0 Å². The second-order valence-corrected chi connectivity index (χ2v) is 3.80. The van der Waals surface area contributed by atoms with Crippen LogP contribution in [-0.4, -0.2) is 3.81 Å². The molecule has 0 aromatic carbocycles. The topological polar surface area (TPSA) is 0 Å². The predicted molar refractivity (Wildman–Crippen MR) is 48.7 cm³/mol. The molecule has 0 fully saturated rings. The Hall–Kier alpha value is -0.456. The SMILES string of the molecule is [Ti]=[C](C1=CC=CC1)C1=CC=CC1. The maximum absolute atomic E-state index is 2.22. The quantitative estimate of drug-likeness (QED) is 0.586. The van der Waals surface area contributed by atoms with Crippen molar-refractivity contribution in [3.8, 4) is 0 Å². The van der Waals surface area contributed by atoms with E-state index in [1.807, 2.05) is 0 Å². The first-order chi connectivity index (χ1) is 5.88. The summed E-state index contributed by atoms with van der Waals surface area (Å²) in [5.41, 5.74) is 2.95. The average molecular weight is 190 g/mol. The van der Waals surface area contributed by atoms with E-state index >= 15 is 0 Å². The van der Waals surface area contributed by atoms with E-state index in [0.717, 1.165) is 12.8 Å². The minimum atomic E-state index is 1.11. The molecule has 0 aromatic rings. The van der Waals surface area contributed by atoms with E-state index in [9.17, 15) is 0 Å². The van der Waals surface area contributed by atoms with Crippen molar-refractivity contribution in [1.29, 1.82) is 0 Å². The zero-order chi connectivity index (χ0) is 8.39. The molecule has 58 valence electrons. The van der Waals surface area contributed by atoms with Crippen LogP contribution in [0.5, 0.6) is 0 Å². The Morgan fingerprint density at radius 3 is 1.83 bits per heavy atom. The van der Waals surface area contributed by atoms with Gasteiger partial charge in [-0.15, -0.1) is 0 Å². The molecule has 1 heteroatoms. The number of hydrogen-bond acceptors (Lipinski definition) is 0. The van der Waals surface area contributed by atoms with Crippen LogP contribution in [0, 0.1) is 0 Å². The molecule has 2 aliphatic rings. The predicted octanol–water partition coefficient (Wildman–Crippen LogP) is 2.48. The zero-order valence-electron chi connectivity index (χ0n) is 6.88. The van der Waals surface area contributed by atoms with E-state index in [1.54, 1.807) is 0 Å². The molecular weight excluding hydrogens is 180 g/mol. The normalized spacial score (nSPS) is 19.6. The second-order valence-electron chi connectivity index (χ2n) is 3.02. The fraction of sp³-hybridized carbons (Fsp3) is 0.182. The van der Waals surface area contributed by atoms with Crippen LogP contribution in [0.4, 0.5) is 0 Å². The van der Waals surface area contributed by atoms with Crippen molar-refractivity contribution in [2.24, 2.45) is 0 Å². The standard InChI is InChI=1S/C11H10.Ti/c1-2-6-10(5-1)9-11-7-3-4-8-11;/h1-5,7H,6,8H2;. The average Bonchev–Trinajstić information content (AvgIpc) is 2.77. The second kappa shape index (κ2) is 3.51. The van der Waals surface area contributed by atoms with E-state index in [-0.39, 0.29) is 0 Å². The van der Waals surface area contributed by atoms with Crippen LogP contribution < -0.4 is 0 Å². The third kappa shape index (κ3) is 1.50. The number of hydrogen-bond donors (Lipinski definition) is 0. The molecule has 0 bridgehead atoms. The van der Waals surface area contributed by atoms with Crippen LogP contribution in [-0.2, 0) is 20.0 Å². The Kier molecular flexibility index (Phi) is 2.39. The summed E-state index contributed by atoms with van der Waals surface area (Å²) >= 11 is 2.22. The van der Waals surface area contributed by atoms with Gasteiger partial charge in [0.05, 0.1) is 0 Å². The molecule has 12 heavy (non-hydrogen) atoms. The molecule has 2 aliphatic carbocycles. The Morgan fingerprint density at radius 1 is 1.00 bits per heavy atom. The fourth-order valence-electron chi connectivity index (χ4n) is 1.47. The number of rotatable bonds is 2. The van der Waals surface area contributed by atoms with Crippen molar-refractivity contribution in [2.45, 2.75) is 12.8 Å². The number of allylic oxidation sites excluding steroid dienone is 8. The molecule has 0 amide bonds.